The summed E-state index contributed by atoms with van der Waals surface area (Å²) in [6.45, 7) is 5.23. The highest BCUT2D eigenvalue weighted by molar-refractivity contribution is 6.33. The van der Waals surface area contributed by atoms with Crippen molar-refractivity contribution in [2.75, 3.05) is 5.32 Å². The Balaban J connectivity index is 1.96. The van der Waals surface area contributed by atoms with Crippen molar-refractivity contribution in [2.45, 2.75) is 33.0 Å². The topological polar surface area (TPSA) is 64.6 Å². The van der Waals surface area contributed by atoms with Crippen molar-refractivity contribution in [3.63, 3.8) is 0 Å². The minimum atomic E-state index is -1.06. The van der Waals surface area contributed by atoms with Gasteiger partial charge in [-0.1, -0.05) is 11.6 Å². The van der Waals surface area contributed by atoms with Crippen LogP contribution >= 0.6 is 11.6 Å². The zero-order chi connectivity index (χ0) is 19.3. The number of halogens is 2. The van der Waals surface area contributed by atoms with Gasteiger partial charge in [0.05, 0.1) is 22.4 Å². The molecule has 0 saturated heterocycles. The number of benzene rings is 2. The van der Waals surface area contributed by atoms with Gasteiger partial charge in [0.2, 0.25) is 0 Å². The van der Waals surface area contributed by atoms with Crippen LogP contribution in [0.3, 0.4) is 0 Å². The van der Waals surface area contributed by atoms with Crippen LogP contribution in [0.1, 0.15) is 31.1 Å². The van der Waals surface area contributed by atoms with Gasteiger partial charge in [0.15, 0.2) is 6.10 Å². The average Bonchev–Trinajstić information content (AvgIpc) is 2.57. The summed E-state index contributed by atoms with van der Waals surface area (Å²) in [4.78, 5) is 24.3. The van der Waals surface area contributed by atoms with E-state index in [1.807, 2.05) is 13.8 Å². The van der Waals surface area contributed by atoms with E-state index in [1.54, 1.807) is 24.3 Å². The Hall–Kier alpha value is -2.60. The molecule has 0 radical (unpaired) electrons. The normalized spacial score (nSPS) is 11.8. The molecule has 0 spiro atoms. The quantitative estimate of drug-likeness (QED) is 0.753. The maximum absolute atomic E-state index is 13.0. The predicted molar refractivity (Wildman–Crippen MR) is 97.1 cm³/mol. The minimum Gasteiger partial charge on any atom is -0.491 e. The molecule has 0 unspecified atom stereocenters. The molecular weight excluding hydrogens is 361 g/mol. The van der Waals surface area contributed by atoms with E-state index in [2.05, 4.69) is 5.32 Å². The first-order valence-electron chi connectivity index (χ1n) is 8.00. The molecule has 2 aromatic rings. The fourth-order valence-corrected chi connectivity index (χ4v) is 2.26. The highest BCUT2D eigenvalue weighted by Crippen LogP contribution is 2.23. The van der Waals surface area contributed by atoms with Gasteiger partial charge < -0.3 is 14.8 Å². The number of amides is 1. The molecule has 2 rings (SSSR count). The smallest absolute Gasteiger partial charge is 0.338 e. The third-order valence-corrected chi connectivity index (χ3v) is 3.62. The van der Waals surface area contributed by atoms with E-state index in [1.165, 1.54) is 19.1 Å². The molecule has 0 saturated carbocycles. The lowest BCUT2D eigenvalue weighted by molar-refractivity contribution is -0.123. The van der Waals surface area contributed by atoms with Crippen LogP contribution in [0.2, 0.25) is 5.02 Å². The van der Waals surface area contributed by atoms with E-state index < -0.39 is 23.8 Å². The van der Waals surface area contributed by atoms with Gasteiger partial charge in [0.25, 0.3) is 5.91 Å². The number of carbonyl (C=O) groups is 2. The van der Waals surface area contributed by atoms with Crippen molar-refractivity contribution >= 4 is 29.2 Å². The SMILES string of the molecule is CC(C)Oc1ccc(C(=O)O[C@H](C)C(=O)Nc2ccc(F)cc2Cl)cc1. The summed E-state index contributed by atoms with van der Waals surface area (Å²) in [5.41, 5.74) is 0.525. The Morgan fingerprint density at radius 2 is 1.73 bits per heavy atom. The molecule has 0 heterocycles. The molecule has 0 aromatic heterocycles. The molecule has 138 valence electrons. The summed E-state index contributed by atoms with van der Waals surface area (Å²) < 4.78 is 23.7. The Morgan fingerprint density at radius 3 is 2.31 bits per heavy atom. The van der Waals surface area contributed by atoms with Crippen molar-refractivity contribution in [1.82, 2.24) is 0 Å². The number of esters is 1. The van der Waals surface area contributed by atoms with E-state index in [-0.39, 0.29) is 16.8 Å². The molecule has 0 fully saturated rings. The van der Waals surface area contributed by atoms with Gasteiger partial charge in [-0.15, -0.1) is 0 Å². The van der Waals surface area contributed by atoms with E-state index >= 15 is 0 Å². The van der Waals surface area contributed by atoms with Gasteiger partial charge in [0.1, 0.15) is 11.6 Å². The van der Waals surface area contributed by atoms with Gasteiger partial charge in [-0.05, 0) is 63.2 Å². The Morgan fingerprint density at radius 1 is 1.08 bits per heavy atom. The lowest BCUT2D eigenvalue weighted by Gasteiger charge is -2.15. The molecule has 0 aliphatic carbocycles. The highest BCUT2D eigenvalue weighted by Gasteiger charge is 2.20. The molecule has 0 aliphatic rings. The fourth-order valence-electron chi connectivity index (χ4n) is 2.05. The van der Waals surface area contributed by atoms with Crippen molar-refractivity contribution in [2.24, 2.45) is 0 Å². The number of ether oxygens (including phenoxy) is 2. The van der Waals surface area contributed by atoms with Gasteiger partial charge in [-0.25, -0.2) is 9.18 Å². The number of nitrogens with one attached hydrogen (secondary N) is 1. The third kappa shape index (κ3) is 5.46. The highest BCUT2D eigenvalue weighted by atomic mass is 35.5. The van der Waals surface area contributed by atoms with Gasteiger partial charge in [-0.2, -0.15) is 0 Å². The molecule has 2 aromatic carbocycles. The van der Waals surface area contributed by atoms with Crippen molar-refractivity contribution in [3.8, 4) is 5.75 Å². The van der Waals surface area contributed by atoms with Crippen LogP contribution < -0.4 is 10.1 Å². The van der Waals surface area contributed by atoms with Crippen molar-refractivity contribution in [3.05, 3.63) is 58.9 Å². The summed E-state index contributed by atoms with van der Waals surface area (Å²) >= 11 is 5.86. The lowest BCUT2D eigenvalue weighted by atomic mass is 10.2. The zero-order valence-electron chi connectivity index (χ0n) is 14.6. The number of carbonyl (C=O) groups excluding carboxylic acids is 2. The van der Waals surface area contributed by atoms with Crippen LogP contribution in [-0.4, -0.2) is 24.1 Å². The number of hydrogen-bond donors (Lipinski definition) is 1. The van der Waals surface area contributed by atoms with E-state index in [9.17, 15) is 14.0 Å². The van der Waals surface area contributed by atoms with Crippen LogP contribution in [0.5, 0.6) is 5.75 Å². The average molecular weight is 380 g/mol. The first kappa shape index (κ1) is 19.7. The molecule has 0 aliphatic heterocycles. The van der Waals surface area contributed by atoms with Crippen LogP contribution in [0.4, 0.5) is 10.1 Å². The van der Waals surface area contributed by atoms with Crippen LogP contribution in [0.25, 0.3) is 0 Å². The van der Waals surface area contributed by atoms with E-state index in [0.29, 0.717) is 11.3 Å². The summed E-state index contributed by atoms with van der Waals surface area (Å²) in [5.74, 6) is -1.11. The predicted octanol–water partition coefficient (Wildman–Crippen LogP) is 4.45. The lowest BCUT2D eigenvalue weighted by Crippen LogP contribution is -2.30. The van der Waals surface area contributed by atoms with Crippen LogP contribution in [0.15, 0.2) is 42.5 Å². The first-order valence-corrected chi connectivity index (χ1v) is 8.37. The zero-order valence-corrected chi connectivity index (χ0v) is 15.3. The summed E-state index contributed by atoms with van der Waals surface area (Å²) in [7, 11) is 0. The number of hydrogen-bond acceptors (Lipinski definition) is 4. The third-order valence-electron chi connectivity index (χ3n) is 3.30. The number of anilines is 1. The Kier molecular flexibility index (Phi) is 6.58. The minimum absolute atomic E-state index is 0.0230. The Bertz CT molecular complexity index is 793. The number of rotatable bonds is 6. The second-order valence-corrected chi connectivity index (χ2v) is 6.26. The molecule has 7 heteroatoms. The first-order chi connectivity index (χ1) is 12.3. The summed E-state index contributed by atoms with van der Waals surface area (Å²) in [5, 5.41) is 2.54. The summed E-state index contributed by atoms with van der Waals surface area (Å²) in [6, 6.07) is 9.99. The largest absolute Gasteiger partial charge is 0.491 e. The molecule has 1 N–H and O–H groups in total. The second-order valence-electron chi connectivity index (χ2n) is 5.85. The van der Waals surface area contributed by atoms with E-state index in [0.717, 1.165) is 6.07 Å². The molecule has 1 atom stereocenters. The molecule has 0 bridgehead atoms. The molecular formula is C19H19ClFNO4. The maximum atomic E-state index is 13.0. The molecule has 1 amide bonds. The van der Waals surface area contributed by atoms with Gasteiger partial charge >= 0.3 is 5.97 Å². The van der Waals surface area contributed by atoms with Crippen LogP contribution in [-0.2, 0) is 9.53 Å². The van der Waals surface area contributed by atoms with Crippen molar-refractivity contribution in [1.29, 1.82) is 0 Å². The van der Waals surface area contributed by atoms with Crippen molar-refractivity contribution < 1.29 is 23.5 Å². The summed E-state index contributed by atoms with van der Waals surface area (Å²) in [6.07, 6.45) is -1.04. The molecule has 26 heavy (non-hydrogen) atoms. The maximum Gasteiger partial charge on any atom is 0.338 e. The van der Waals surface area contributed by atoms with Gasteiger partial charge in [0, 0.05) is 0 Å². The second kappa shape index (κ2) is 8.67. The fraction of sp³-hybridized carbons (Fsp3) is 0.263. The molecule has 5 nitrogen and oxygen atoms in total. The standard InChI is InChI=1S/C19H19ClFNO4/c1-11(2)25-15-7-4-13(5-8-15)19(24)26-12(3)18(23)22-17-9-6-14(21)10-16(17)20/h4-12H,1-3H3,(H,22,23)/t12-/m1/s1. The van der Waals surface area contributed by atoms with Gasteiger partial charge in [-0.3, -0.25) is 4.79 Å². The van der Waals surface area contributed by atoms with E-state index in [4.69, 9.17) is 21.1 Å². The Labute approximate surface area is 156 Å². The monoisotopic (exact) mass is 379 g/mol. The van der Waals surface area contributed by atoms with Crippen LogP contribution in [0, 0.1) is 5.82 Å².